The van der Waals surface area contributed by atoms with Crippen LogP contribution in [-0.4, -0.2) is 73.9 Å². The van der Waals surface area contributed by atoms with E-state index in [0.29, 0.717) is 19.6 Å². The average Bonchev–Trinajstić information content (AvgIpc) is 2.36. The Morgan fingerprint density at radius 2 is 1.53 bits per heavy atom. The highest BCUT2D eigenvalue weighted by molar-refractivity contribution is 6.34. The van der Waals surface area contributed by atoms with Crippen molar-refractivity contribution in [3.63, 3.8) is 0 Å². The Bertz CT molecular complexity index is 339. The van der Waals surface area contributed by atoms with E-state index in [1.54, 1.807) is 5.01 Å². The Morgan fingerprint density at radius 1 is 0.947 bits per heavy atom. The van der Waals surface area contributed by atoms with Crippen LogP contribution in [0.1, 0.15) is 6.92 Å². The van der Waals surface area contributed by atoms with E-state index in [0.717, 1.165) is 13.1 Å². The highest BCUT2D eigenvalue weighted by atomic mass is 16.2. The second-order valence-electron chi connectivity index (χ2n) is 4.47. The fraction of sp³-hybridized carbons (Fsp3) is 0.727. The van der Waals surface area contributed by atoms with Gasteiger partial charge in [0.2, 0.25) is 5.91 Å². The molecule has 0 radical (unpaired) electrons. The van der Waals surface area contributed by atoms with Gasteiger partial charge in [-0.15, -0.1) is 0 Å². The summed E-state index contributed by atoms with van der Waals surface area (Å²) in [5, 5.41) is 6.69. The maximum absolute atomic E-state index is 11.6. The van der Waals surface area contributed by atoms with Crippen molar-refractivity contribution < 1.29 is 14.4 Å². The number of hydrazine groups is 1. The molecule has 108 valence electrons. The number of nitrogens with one attached hydrogen (secondary N) is 3. The molecule has 8 heteroatoms. The third-order valence-electron chi connectivity index (χ3n) is 2.75. The third-order valence-corrected chi connectivity index (χ3v) is 2.75. The van der Waals surface area contributed by atoms with Crippen molar-refractivity contribution in [1.82, 2.24) is 26.0 Å². The van der Waals surface area contributed by atoms with E-state index < -0.39 is 11.8 Å². The van der Waals surface area contributed by atoms with Gasteiger partial charge in [-0.05, 0) is 7.05 Å². The monoisotopic (exact) mass is 271 g/mol. The normalized spacial score (nSPS) is 16.7. The standard InChI is InChI=1S/C11H21N5O3/c1-9(17)12-3-4-13-10(18)11(19)14-16-7-5-15(2)6-8-16/h3-8H2,1-2H3,(H,12,17)(H,13,18)(H,14,19). The first-order valence-corrected chi connectivity index (χ1v) is 6.26. The Balaban J connectivity index is 2.17. The topological polar surface area (TPSA) is 93.8 Å². The zero-order chi connectivity index (χ0) is 14.3. The molecule has 0 aromatic carbocycles. The number of amides is 3. The molecular weight excluding hydrogens is 250 g/mol. The summed E-state index contributed by atoms with van der Waals surface area (Å²) in [5.41, 5.74) is 2.56. The minimum Gasteiger partial charge on any atom is -0.355 e. The van der Waals surface area contributed by atoms with Gasteiger partial charge in [-0.2, -0.15) is 0 Å². The lowest BCUT2D eigenvalue weighted by molar-refractivity contribution is -0.142. The van der Waals surface area contributed by atoms with Gasteiger partial charge in [0, 0.05) is 46.2 Å². The Kier molecular flexibility index (Phi) is 6.23. The molecule has 1 rings (SSSR count). The molecule has 1 saturated heterocycles. The number of carbonyl (C=O) groups is 3. The number of hydrogen-bond acceptors (Lipinski definition) is 5. The van der Waals surface area contributed by atoms with Crippen molar-refractivity contribution in [2.45, 2.75) is 6.92 Å². The minimum absolute atomic E-state index is 0.170. The fourth-order valence-corrected chi connectivity index (χ4v) is 1.61. The summed E-state index contributed by atoms with van der Waals surface area (Å²) < 4.78 is 0. The van der Waals surface area contributed by atoms with Crippen LogP contribution in [0.5, 0.6) is 0 Å². The number of likely N-dealkylation sites (N-methyl/N-ethyl adjacent to an activating group) is 1. The van der Waals surface area contributed by atoms with E-state index in [1.807, 2.05) is 7.05 Å². The first-order valence-electron chi connectivity index (χ1n) is 6.26. The summed E-state index contributed by atoms with van der Waals surface area (Å²) in [4.78, 5) is 35.8. The highest BCUT2D eigenvalue weighted by Crippen LogP contribution is 1.94. The summed E-state index contributed by atoms with van der Waals surface area (Å²) >= 11 is 0. The molecule has 3 amide bonds. The molecular formula is C11H21N5O3. The van der Waals surface area contributed by atoms with Gasteiger partial charge in [-0.3, -0.25) is 19.8 Å². The summed E-state index contributed by atoms with van der Waals surface area (Å²) in [6.45, 7) is 5.02. The largest absolute Gasteiger partial charge is 0.355 e. The zero-order valence-electron chi connectivity index (χ0n) is 11.4. The number of rotatable bonds is 4. The first-order chi connectivity index (χ1) is 8.99. The van der Waals surface area contributed by atoms with Crippen molar-refractivity contribution in [2.24, 2.45) is 0 Å². The Hall–Kier alpha value is -1.67. The Morgan fingerprint density at radius 3 is 2.11 bits per heavy atom. The van der Waals surface area contributed by atoms with E-state index in [9.17, 15) is 14.4 Å². The lowest BCUT2D eigenvalue weighted by Crippen LogP contribution is -2.55. The minimum atomic E-state index is -0.690. The molecule has 3 N–H and O–H groups in total. The molecule has 0 aromatic heterocycles. The maximum Gasteiger partial charge on any atom is 0.323 e. The van der Waals surface area contributed by atoms with E-state index in [-0.39, 0.29) is 12.5 Å². The van der Waals surface area contributed by atoms with Gasteiger partial charge in [0.1, 0.15) is 0 Å². The number of carbonyl (C=O) groups excluding carboxylic acids is 3. The molecule has 0 bridgehead atoms. The molecule has 0 saturated carbocycles. The van der Waals surface area contributed by atoms with Crippen LogP contribution >= 0.6 is 0 Å². The molecule has 0 aliphatic carbocycles. The van der Waals surface area contributed by atoms with Crippen LogP contribution in [0.25, 0.3) is 0 Å². The van der Waals surface area contributed by atoms with Crippen LogP contribution in [0.4, 0.5) is 0 Å². The van der Waals surface area contributed by atoms with E-state index in [4.69, 9.17) is 0 Å². The van der Waals surface area contributed by atoms with Crippen molar-refractivity contribution >= 4 is 17.7 Å². The number of piperazine rings is 1. The summed E-state index contributed by atoms with van der Waals surface area (Å²) in [5.74, 6) is -1.53. The van der Waals surface area contributed by atoms with Crippen LogP contribution in [0.2, 0.25) is 0 Å². The second kappa shape index (κ2) is 7.70. The predicted molar refractivity (Wildman–Crippen MR) is 68.9 cm³/mol. The molecule has 0 aromatic rings. The molecule has 19 heavy (non-hydrogen) atoms. The van der Waals surface area contributed by atoms with Crippen molar-refractivity contribution in [3.8, 4) is 0 Å². The van der Waals surface area contributed by atoms with Crippen LogP contribution in [0, 0.1) is 0 Å². The fourth-order valence-electron chi connectivity index (χ4n) is 1.61. The van der Waals surface area contributed by atoms with Crippen LogP contribution in [-0.2, 0) is 14.4 Å². The average molecular weight is 271 g/mol. The van der Waals surface area contributed by atoms with E-state index in [2.05, 4.69) is 21.0 Å². The second-order valence-corrected chi connectivity index (χ2v) is 4.47. The van der Waals surface area contributed by atoms with Gasteiger partial charge in [-0.1, -0.05) is 0 Å². The van der Waals surface area contributed by atoms with Gasteiger partial charge in [0.25, 0.3) is 0 Å². The number of hydrogen-bond donors (Lipinski definition) is 3. The molecule has 0 unspecified atom stereocenters. The molecule has 8 nitrogen and oxygen atoms in total. The van der Waals surface area contributed by atoms with Crippen LogP contribution < -0.4 is 16.1 Å². The lowest BCUT2D eigenvalue weighted by atomic mass is 10.4. The molecule has 0 spiro atoms. The molecule has 1 aliphatic rings. The predicted octanol–water partition coefficient (Wildman–Crippen LogP) is -2.48. The summed E-state index contributed by atoms with van der Waals surface area (Å²) in [6.07, 6.45) is 0. The number of nitrogens with zero attached hydrogens (tertiary/aromatic N) is 2. The van der Waals surface area contributed by atoms with E-state index >= 15 is 0 Å². The first kappa shape index (κ1) is 15.4. The maximum atomic E-state index is 11.6. The SMILES string of the molecule is CC(=O)NCCNC(=O)C(=O)NN1CCN(C)CC1. The lowest BCUT2D eigenvalue weighted by Gasteiger charge is -2.32. The summed E-state index contributed by atoms with van der Waals surface area (Å²) in [6, 6.07) is 0. The molecule has 0 atom stereocenters. The van der Waals surface area contributed by atoms with Crippen molar-refractivity contribution in [2.75, 3.05) is 46.3 Å². The quantitative estimate of drug-likeness (QED) is 0.389. The van der Waals surface area contributed by atoms with Crippen molar-refractivity contribution in [3.05, 3.63) is 0 Å². The van der Waals surface area contributed by atoms with Gasteiger partial charge in [0.05, 0.1) is 0 Å². The van der Waals surface area contributed by atoms with Gasteiger partial charge < -0.3 is 15.5 Å². The molecule has 1 heterocycles. The Labute approximate surface area is 112 Å². The van der Waals surface area contributed by atoms with Gasteiger partial charge in [0.15, 0.2) is 0 Å². The van der Waals surface area contributed by atoms with E-state index in [1.165, 1.54) is 6.92 Å². The van der Waals surface area contributed by atoms with Gasteiger partial charge in [-0.25, -0.2) is 5.01 Å². The zero-order valence-corrected chi connectivity index (χ0v) is 11.4. The summed E-state index contributed by atoms with van der Waals surface area (Å²) in [7, 11) is 2.01. The smallest absolute Gasteiger partial charge is 0.323 e. The third kappa shape index (κ3) is 6.16. The van der Waals surface area contributed by atoms with Crippen LogP contribution in [0.3, 0.4) is 0 Å². The van der Waals surface area contributed by atoms with Gasteiger partial charge >= 0.3 is 11.8 Å². The van der Waals surface area contributed by atoms with Crippen molar-refractivity contribution in [1.29, 1.82) is 0 Å². The molecule has 1 aliphatic heterocycles. The molecule has 1 fully saturated rings. The highest BCUT2D eigenvalue weighted by Gasteiger charge is 2.19. The van der Waals surface area contributed by atoms with Crippen LogP contribution in [0.15, 0.2) is 0 Å².